The van der Waals surface area contributed by atoms with Crippen LogP contribution >= 0.6 is 0 Å². The normalized spacial score (nSPS) is 11.6. The summed E-state index contributed by atoms with van der Waals surface area (Å²) in [6.07, 6.45) is 1.06. The van der Waals surface area contributed by atoms with E-state index >= 15 is 0 Å². The molecular formula is C7H16NO+. The molecule has 0 aromatic heterocycles. The molecule has 0 saturated heterocycles. The highest BCUT2D eigenvalue weighted by molar-refractivity contribution is 5.65. The summed E-state index contributed by atoms with van der Waals surface area (Å²) in [5, 5.41) is 0. The number of nitrogens with zero attached hydrogens (tertiary/aromatic N) is 1. The third-order valence-corrected chi connectivity index (χ3v) is 1.64. The van der Waals surface area contributed by atoms with Crippen molar-refractivity contribution in [2.75, 3.05) is 20.6 Å². The fourth-order valence-corrected chi connectivity index (χ4v) is 0.716. The summed E-state index contributed by atoms with van der Waals surface area (Å²) >= 11 is 0. The van der Waals surface area contributed by atoms with Crippen molar-refractivity contribution >= 4 is 5.91 Å². The Morgan fingerprint density at radius 3 is 2.00 bits per heavy atom. The predicted molar refractivity (Wildman–Crippen MR) is 37.9 cm³/mol. The Morgan fingerprint density at radius 2 is 1.89 bits per heavy atom. The minimum absolute atomic E-state index is 0.233. The summed E-state index contributed by atoms with van der Waals surface area (Å²) in [7, 11) is 3.87. The molecule has 1 amide bonds. The average molecular weight is 130 g/mol. The SMILES string of the molecule is CCC[N+](C)(C)C(C)=O. The van der Waals surface area contributed by atoms with Gasteiger partial charge in [-0.25, -0.2) is 4.79 Å². The van der Waals surface area contributed by atoms with E-state index in [0.29, 0.717) is 4.48 Å². The van der Waals surface area contributed by atoms with Gasteiger partial charge in [-0.05, 0) is 6.42 Å². The average Bonchev–Trinajstić information content (AvgIpc) is 1.65. The molecule has 0 atom stereocenters. The topological polar surface area (TPSA) is 17.1 Å². The fourth-order valence-electron chi connectivity index (χ4n) is 0.716. The second-order valence-corrected chi connectivity index (χ2v) is 2.93. The molecular weight excluding hydrogens is 114 g/mol. The zero-order valence-electron chi connectivity index (χ0n) is 6.77. The smallest absolute Gasteiger partial charge is 0.266 e. The first-order valence-corrected chi connectivity index (χ1v) is 3.35. The van der Waals surface area contributed by atoms with E-state index in [1.165, 1.54) is 0 Å². The lowest BCUT2D eigenvalue weighted by Gasteiger charge is -2.24. The largest absolute Gasteiger partial charge is 0.310 e. The second kappa shape index (κ2) is 2.97. The molecule has 0 fully saturated rings. The lowest BCUT2D eigenvalue weighted by atomic mass is 10.4. The molecule has 0 aromatic carbocycles. The van der Waals surface area contributed by atoms with Gasteiger partial charge < -0.3 is 0 Å². The van der Waals surface area contributed by atoms with Crippen LogP contribution in [0.4, 0.5) is 0 Å². The molecule has 54 valence electrons. The molecule has 0 radical (unpaired) electrons. The number of amides is 1. The number of carbonyl (C=O) groups is 1. The molecule has 0 N–H and O–H groups in total. The first-order valence-electron chi connectivity index (χ1n) is 3.35. The molecule has 9 heavy (non-hydrogen) atoms. The van der Waals surface area contributed by atoms with Gasteiger partial charge >= 0.3 is 5.91 Å². The molecule has 0 saturated carbocycles. The van der Waals surface area contributed by atoms with Crippen LogP contribution in [0.2, 0.25) is 0 Å². The van der Waals surface area contributed by atoms with E-state index in [2.05, 4.69) is 6.92 Å². The predicted octanol–water partition coefficient (Wildman–Crippen LogP) is 1.02. The van der Waals surface area contributed by atoms with E-state index in [-0.39, 0.29) is 5.91 Å². The van der Waals surface area contributed by atoms with Crippen molar-refractivity contribution < 1.29 is 9.28 Å². The van der Waals surface area contributed by atoms with Crippen LogP contribution in [-0.2, 0) is 4.79 Å². The highest BCUT2D eigenvalue weighted by Crippen LogP contribution is 1.98. The van der Waals surface area contributed by atoms with Crippen molar-refractivity contribution in [1.82, 2.24) is 0 Å². The fraction of sp³-hybridized carbons (Fsp3) is 0.857. The number of hydrogen-bond acceptors (Lipinski definition) is 1. The summed E-state index contributed by atoms with van der Waals surface area (Å²) in [6.45, 7) is 4.66. The van der Waals surface area contributed by atoms with Crippen LogP contribution in [0.1, 0.15) is 20.3 Å². The van der Waals surface area contributed by atoms with Crippen molar-refractivity contribution in [3.63, 3.8) is 0 Å². The van der Waals surface area contributed by atoms with E-state index < -0.39 is 0 Å². The Bertz CT molecular complexity index is 107. The van der Waals surface area contributed by atoms with Crippen LogP contribution in [0.25, 0.3) is 0 Å². The second-order valence-electron chi connectivity index (χ2n) is 2.93. The lowest BCUT2D eigenvalue weighted by molar-refractivity contribution is -0.813. The van der Waals surface area contributed by atoms with Gasteiger partial charge in [-0.2, -0.15) is 0 Å². The van der Waals surface area contributed by atoms with Gasteiger partial charge in [-0.3, -0.25) is 4.48 Å². The Balaban J connectivity index is 3.85. The minimum Gasteiger partial charge on any atom is -0.266 e. The van der Waals surface area contributed by atoms with Crippen molar-refractivity contribution in [3.05, 3.63) is 0 Å². The van der Waals surface area contributed by atoms with E-state index in [1.54, 1.807) is 6.92 Å². The third kappa shape index (κ3) is 2.61. The monoisotopic (exact) mass is 130 g/mol. The Labute approximate surface area is 57.1 Å². The van der Waals surface area contributed by atoms with E-state index in [9.17, 15) is 4.79 Å². The van der Waals surface area contributed by atoms with Crippen LogP contribution in [0.3, 0.4) is 0 Å². The van der Waals surface area contributed by atoms with Gasteiger partial charge in [0.2, 0.25) is 0 Å². The van der Waals surface area contributed by atoms with Crippen LogP contribution in [0.15, 0.2) is 0 Å². The summed E-state index contributed by atoms with van der Waals surface area (Å²) < 4.78 is 0.510. The molecule has 0 spiro atoms. The highest BCUT2D eigenvalue weighted by Gasteiger charge is 2.18. The van der Waals surface area contributed by atoms with Gasteiger partial charge in [0, 0.05) is 0 Å². The summed E-state index contributed by atoms with van der Waals surface area (Å²) in [4.78, 5) is 10.8. The summed E-state index contributed by atoms with van der Waals surface area (Å²) in [5.74, 6) is 0.233. The number of rotatable bonds is 2. The number of carbonyl (C=O) groups excluding carboxylic acids is 1. The molecule has 0 aliphatic heterocycles. The third-order valence-electron chi connectivity index (χ3n) is 1.64. The van der Waals surface area contributed by atoms with Crippen molar-refractivity contribution in [2.24, 2.45) is 0 Å². The zero-order valence-corrected chi connectivity index (χ0v) is 6.77. The molecule has 0 aliphatic carbocycles. The molecule has 0 aliphatic rings. The molecule has 2 heteroatoms. The van der Waals surface area contributed by atoms with Gasteiger partial charge in [0.1, 0.15) is 0 Å². The number of quaternary nitrogens is 1. The minimum atomic E-state index is 0.233. The maximum atomic E-state index is 10.8. The van der Waals surface area contributed by atoms with Gasteiger partial charge in [0.25, 0.3) is 0 Å². The lowest BCUT2D eigenvalue weighted by Crippen LogP contribution is -2.44. The van der Waals surface area contributed by atoms with E-state index in [1.807, 2.05) is 14.1 Å². The summed E-state index contributed by atoms with van der Waals surface area (Å²) in [6, 6.07) is 0. The first kappa shape index (κ1) is 8.63. The molecule has 0 rings (SSSR count). The maximum absolute atomic E-state index is 10.8. The summed E-state index contributed by atoms with van der Waals surface area (Å²) in [5.41, 5.74) is 0. The molecule has 2 nitrogen and oxygen atoms in total. The van der Waals surface area contributed by atoms with Crippen LogP contribution < -0.4 is 0 Å². The van der Waals surface area contributed by atoms with Crippen molar-refractivity contribution in [3.8, 4) is 0 Å². The molecule has 0 aromatic rings. The Kier molecular flexibility index (Phi) is 2.85. The van der Waals surface area contributed by atoms with Gasteiger partial charge in [-0.15, -0.1) is 0 Å². The molecule has 0 heterocycles. The first-order chi connectivity index (χ1) is 4.00. The number of hydrogen-bond donors (Lipinski definition) is 0. The quantitative estimate of drug-likeness (QED) is 0.510. The Hall–Kier alpha value is -0.370. The van der Waals surface area contributed by atoms with Crippen LogP contribution in [0, 0.1) is 0 Å². The molecule has 0 unspecified atom stereocenters. The van der Waals surface area contributed by atoms with Gasteiger partial charge in [-0.1, -0.05) is 6.92 Å². The van der Waals surface area contributed by atoms with Crippen LogP contribution in [0.5, 0.6) is 0 Å². The standard InChI is InChI=1S/C7H16NO/c1-5-6-8(3,4)7(2)9/h5-6H2,1-4H3/q+1. The van der Waals surface area contributed by atoms with Crippen molar-refractivity contribution in [1.29, 1.82) is 0 Å². The van der Waals surface area contributed by atoms with Crippen LogP contribution in [-0.4, -0.2) is 31.0 Å². The highest BCUT2D eigenvalue weighted by atomic mass is 16.2. The van der Waals surface area contributed by atoms with E-state index in [4.69, 9.17) is 0 Å². The van der Waals surface area contributed by atoms with Gasteiger partial charge in [0.05, 0.1) is 27.6 Å². The van der Waals surface area contributed by atoms with Gasteiger partial charge in [0.15, 0.2) is 0 Å². The zero-order chi connectivity index (χ0) is 7.49. The Morgan fingerprint density at radius 1 is 1.44 bits per heavy atom. The van der Waals surface area contributed by atoms with Crippen molar-refractivity contribution in [2.45, 2.75) is 20.3 Å². The molecule has 0 bridgehead atoms. The maximum Gasteiger partial charge on any atom is 0.310 e. The van der Waals surface area contributed by atoms with E-state index in [0.717, 1.165) is 13.0 Å².